The Hall–Kier alpha value is -2.19. The summed E-state index contributed by atoms with van der Waals surface area (Å²) in [6.45, 7) is -0.156. The molecule has 0 aliphatic heterocycles. The number of benzene rings is 1. The molecule has 1 aromatic carbocycles. The monoisotopic (exact) mass is 313 g/mol. The smallest absolute Gasteiger partial charge is 0.371 e. The van der Waals surface area contributed by atoms with E-state index in [2.05, 4.69) is 4.72 Å². The molecule has 0 amide bonds. The average Bonchev–Trinajstić information content (AvgIpc) is 2.88. The van der Waals surface area contributed by atoms with Gasteiger partial charge >= 0.3 is 5.97 Å². The number of hydrogen-bond acceptors (Lipinski definition) is 4. The predicted octanol–water partition coefficient (Wildman–Crippen LogP) is 1.74. The molecule has 0 radical (unpaired) electrons. The third-order valence-electron chi connectivity index (χ3n) is 2.61. The molecule has 0 bridgehead atoms. The van der Waals surface area contributed by atoms with Crippen molar-refractivity contribution in [1.82, 2.24) is 4.72 Å². The van der Waals surface area contributed by atoms with Gasteiger partial charge in [-0.05, 0) is 29.8 Å². The quantitative estimate of drug-likeness (QED) is 0.846. The normalized spacial score (nSPS) is 11.5. The lowest BCUT2D eigenvalue weighted by Crippen LogP contribution is -2.24. The van der Waals surface area contributed by atoms with E-state index in [1.807, 2.05) is 0 Å². The van der Waals surface area contributed by atoms with Gasteiger partial charge in [0.2, 0.25) is 15.8 Å². The number of aromatic carboxylic acids is 1. The van der Waals surface area contributed by atoms with Crippen LogP contribution in [0.5, 0.6) is 0 Å². The van der Waals surface area contributed by atoms with Crippen molar-refractivity contribution in [3.05, 3.63) is 59.3 Å². The first kappa shape index (κ1) is 15.2. The van der Waals surface area contributed by atoms with Crippen LogP contribution in [0.25, 0.3) is 0 Å². The molecule has 112 valence electrons. The molecule has 0 aliphatic rings. The summed E-state index contributed by atoms with van der Waals surface area (Å²) in [5.41, 5.74) is 0.439. The minimum Gasteiger partial charge on any atom is -0.475 e. The maximum Gasteiger partial charge on any atom is 0.371 e. The highest BCUT2D eigenvalue weighted by molar-refractivity contribution is 7.88. The number of halogens is 1. The third kappa shape index (κ3) is 4.40. The number of rotatable bonds is 6. The van der Waals surface area contributed by atoms with E-state index in [0.29, 0.717) is 5.56 Å². The van der Waals surface area contributed by atoms with Gasteiger partial charge in [-0.1, -0.05) is 12.1 Å². The molecule has 0 atom stereocenters. The first-order chi connectivity index (χ1) is 9.85. The molecular weight excluding hydrogens is 301 g/mol. The highest BCUT2D eigenvalue weighted by Gasteiger charge is 2.14. The Bertz CT molecular complexity index is 736. The van der Waals surface area contributed by atoms with Crippen molar-refractivity contribution in [2.24, 2.45) is 0 Å². The van der Waals surface area contributed by atoms with E-state index in [0.717, 1.165) is 0 Å². The van der Waals surface area contributed by atoms with Crippen molar-refractivity contribution in [3.63, 3.8) is 0 Å². The van der Waals surface area contributed by atoms with Gasteiger partial charge in [0.1, 0.15) is 11.6 Å². The minimum atomic E-state index is -3.64. The van der Waals surface area contributed by atoms with Crippen molar-refractivity contribution in [1.29, 1.82) is 0 Å². The maximum atomic E-state index is 12.7. The van der Waals surface area contributed by atoms with Gasteiger partial charge in [-0.2, -0.15) is 0 Å². The fourth-order valence-corrected chi connectivity index (χ4v) is 2.72. The molecule has 0 saturated heterocycles. The second-order valence-electron chi connectivity index (χ2n) is 4.28. The highest BCUT2D eigenvalue weighted by Crippen LogP contribution is 2.10. The number of carbonyl (C=O) groups is 1. The van der Waals surface area contributed by atoms with Gasteiger partial charge in [0, 0.05) is 0 Å². The van der Waals surface area contributed by atoms with E-state index in [1.165, 1.54) is 36.4 Å². The SMILES string of the molecule is O=C(O)c1ccc(CNS(=O)(=O)Cc2ccc(F)cc2)o1. The van der Waals surface area contributed by atoms with E-state index in [1.54, 1.807) is 0 Å². The van der Waals surface area contributed by atoms with Crippen LogP contribution < -0.4 is 4.72 Å². The molecule has 0 spiro atoms. The number of furan rings is 1. The average molecular weight is 313 g/mol. The first-order valence-electron chi connectivity index (χ1n) is 5.89. The van der Waals surface area contributed by atoms with E-state index >= 15 is 0 Å². The zero-order valence-electron chi connectivity index (χ0n) is 10.7. The minimum absolute atomic E-state index is 0.156. The van der Waals surface area contributed by atoms with Crippen LogP contribution in [0.4, 0.5) is 4.39 Å². The maximum absolute atomic E-state index is 12.7. The summed E-state index contributed by atoms with van der Waals surface area (Å²) in [5, 5.41) is 8.68. The summed E-state index contributed by atoms with van der Waals surface area (Å²) >= 11 is 0. The molecule has 21 heavy (non-hydrogen) atoms. The van der Waals surface area contributed by atoms with Gasteiger partial charge in [0.25, 0.3) is 0 Å². The molecule has 8 heteroatoms. The Labute approximate surface area is 120 Å². The molecule has 0 aliphatic carbocycles. The van der Waals surface area contributed by atoms with Crippen molar-refractivity contribution in [2.45, 2.75) is 12.3 Å². The van der Waals surface area contributed by atoms with Crippen molar-refractivity contribution < 1.29 is 27.1 Å². The van der Waals surface area contributed by atoms with Gasteiger partial charge in [0.15, 0.2) is 0 Å². The molecule has 6 nitrogen and oxygen atoms in total. The summed E-state index contributed by atoms with van der Waals surface area (Å²) < 4.78 is 43.6. The Morgan fingerprint density at radius 3 is 2.43 bits per heavy atom. The fraction of sp³-hybridized carbons (Fsp3) is 0.154. The van der Waals surface area contributed by atoms with E-state index in [9.17, 15) is 17.6 Å². The lowest BCUT2D eigenvalue weighted by molar-refractivity contribution is 0.0660. The molecule has 2 aromatic rings. The topological polar surface area (TPSA) is 96.6 Å². The molecule has 0 fully saturated rings. The van der Waals surface area contributed by atoms with Crippen molar-refractivity contribution in [3.8, 4) is 0 Å². The zero-order chi connectivity index (χ0) is 15.5. The summed E-state index contributed by atoms with van der Waals surface area (Å²) in [6, 6.07) is 7.73. The standard InChI is InChI=1S/C13H12FNO5S/c14-10-3-1-9(2-4-10)8-21(18,19)15-7-11-5-6-12(20-11)13(16)17/h1-6,15H,7-8H2,(H,16,17). The highest BCUT2D eigenvalue weighted by atomic mass is 32.2. The summed E-state index contributed by atoms with van der Waals surface area (Å²) in [4.78, 5) is 10.6. The Kier molecular flexibility index (Phi) is 4.39. The lowest BCUT2D eigenvalue weighted by Gasteiger charge is -2.05. The van der Waals surface area contributed by atoms with Crippen LogP contribution in [-0.4, -0.2) is 19.5 Å². The van der Waals surface area contributed by atoms with Gasteiger partial charge < -0.3 is 9.52 Å². The molecule has 0 saturated carbocycles. The van der Waals surface area contributed by atoms with E-state index in [4.69, 9.17) is 9.52 Å². The largest absolute Gasteiger partial charge is 0.475 e. The van der Waals surface area contributed by atoms with Crippen LogP contribution in [0, 0.1) is 5.82 Å². The second-order valence-corrected chi connectivity index (χ2v) is 6.08. The van der Waals surface area contributed by atoms with Gasteiger partial charge in [-0.25, -0.2) is 22.3 Å². The Morgan fingerprint density at radius 1 is 1.19 bits per heavy atom. The predicted molar refractivity (Wildman–Crippen MR) is 71.5 cm³/mol. The van der Waals surface area contributed by atoms with Gasteiger partial charge in [-0.3, -0.25) is 0 Å². The molecule has 1 heterocycles. The summed E-state index contributed by atoms with van der Waals surface area (Å²) in [5.74, 6) is -2.05. The zero-order valence-corrected chi connectivity index (χ0v) is 11.6. The van der Waals surface area contributed by atoms with Crippen molar-refractivity contribution in [2.75, 3.05) is 0 Å². The molecule has 1 aromatic heterocycles. The lowest BCUT2D eigenvalue weighted by atomic mass is 10.2. The number of sulfonamides is 1. The van der Waals surface area contributed by atoms with Crippen LogP contribution in [0.15, 0.2) is 40.8 Å². The number of carboxylic acid groups (broad SMARTS) is 1. The molecular formula is C13H12FNO5S. The van der Waals surface area contributed by atoms with Crippen molar-refractivity contribution >= 4 is 16.0 Å². The van der Waals surface area contributed by atoms with Crippen LogP contribution in [0.2, 0.25) is 0 Å². The number of carboxylic acids is 1. The first-order valence-corrected chi connectivity index (χ1v) is 7.55. The summed E-state index contributed by atoms with van der Waals surface area (Å²) in [6.07, 6.45) is 0. The summed E-state index contributed by atoms with van der Waals surface area (Å²) in [7, 11) is -3.64. The van der Waals surface area contributed by atoms with E-state index < -0.39 is 21.8 Å². The molecule has 2 N–H and O–H groups in total. The van der Waals surface area contributed by atoms with Gasteiger partial charge in [0.05, 0.1) is 12.3 Å². The Balaban J connectivity index is 1.97. The van der Waals surface area contributed by atoms with Crippen LogP contribution >= 0.6 is 0 Å². The Morgan fingerprint density at radius 2 is 1.86 bits per heavy atom. The van der Waals surface area contributed by atoms with Gasteiger partial charge in [-0.15, -0.1) is 0 Å². The second kappa shape index (κ2) is 6.06. The van der Waals surface area contributed by atoms with Crippen LogP contribution in [-0.2, 0) is 22.3 Å². The van der Waals surface area contributed by atoms with E-state index in [-0.39, 0.29) is 23.8 Å². The number of nitrogens with one attached hydrogen (secondary N) is 1. The van der Waals surface area contributed by atoms with Crippen LogP contribution in [0.1, 0.15) is 21.9 Å². The number of hydrogen-bond donors (Lipinski definition) is 2. The third-order valence-corrected chi connectivity index (χ3v) is 3.91. The molecule has 2 rings (SSSR count). The fourth-order valence-electron chi connectivity index (χ4n) is 1.62. The molecule has 0 unspecified atom stereocenters. The van der Waals surface area contributed by atoms with Crippen LogP contribution in [0.3, 0.4) is 0 Å².